The first-order valence-corrected chi connectivity index (χ1v) is 15.1. The van der Waals surface area contributed by atoms with E-state index in [1.165, 1.54) is 11.0 Å². The van der Waals surface area contributed by atoms with E-state index in [4.69, 9.17) is 11.6 Å². The number of piperidine rings is 1. The molecule has 2 aliphatic heterocycles. The number of carbonyl (C=O) groups is 2. The minimum Gasteiger partial charge on any atom is -0.334 e. The van der Waals surface area contributed by atoms with Crippen LogP contribution in [0.4, 0.5) is 23.2 Å². The van der Waals surface area contributed by atoms with Crippen LogP contribution < -0.4 is 5.32 Å². The van der Waals surface area contributed by atoms with Gasteiger partial charge in [0.25, 0.3) is 5.91 Å². The Morgan fingerprint density at radius 2 is 1.81 bits per heavy atom. The van der Waals surface area contributed by atoms with Crippen LogP contribution in [0.2, 0.25) is 5.02 Å². The standard InChI is InChI=1S/C33H36ClF4N3O2/c1-20-10-15-24(18-26(20)34)39-31(42)25-7-4-17-41(32(43)29-21(2)6-3-8-27(29)35)30(25)23-13-11-22(12-14-23)19-40-16-5-9-28(40)33(36,37)38/h3,6,8,10-13,15,18,23,25,28,30H,4-5,7,9,14,16-17,19H2,1-2H3,(H,39,42)/t23?,25-,28-,30-/m0/s1. The summed E-state index contributed by atoms with van der Waals surface area (Å²) in [6.45, 7) is 4.48. The van der Waals surface area contributed by atoms with E-state index in [0.717, 1.165) is 11.1 Å². The van der Waals surface area contributed by atoms with Crippen molar-refractivity contribution in [2.75, 3.05) is 25.0 Å². The first kappa shape index (κ1) is 31.3. The molecule has 1 unspecified atom stereocenters. The monoisotopic (exact) mass is 617 g/mol. The van der Waals surface area contributed by atoms with Crippen molar-refractivity contribution in [1.29, 1.82) is 0 Å². The SMILES string of the molecule is Cc1ccc(NC(=O)[C@H]2CCCN(C(=O)c3c(C)cccc3F)[C@H]2C2C=CC(CN3CCC[C@H]3C(F)(F)F)=CC2)cc1Cl. The molecule has 2 saturated heterocycles. The van der Waals surface area contributed by atoms with E-state index >= 15 is 0 Å². The summed E-state index contributed by atoms with van der Waals surface area (Å²) in [6.07, 6.45) is 3.50. The number of rotatable bonds is 6. The van der Waals surface area contributed by atoms with Gasteiger partial charge in [0, 0.05) is 29.7 Å². The van der Waals surface area contributed by atoms with Gasteiger partial charge in [-0.05, 0) is 87.4 Å². The van der Waals surface area contributed by atoms with E-state index in [-0.39, 0.29) is 30.4 Å². The molecule has 0 aromatic heterocycles. The predicted molar refractivity (Wildman–Crippen MR) is 159 cm³/mol. The van der Waals surface area contributed by atoms with Crippen LogP contribution in [0.25, 0.3) is 0 Å². The number of hydrogen-bond acceptors (Lipinski definition) is 3. The van der Waals surface area contributed by atoms with E-state index in [0.29, 0.717) is 55.0 Å². The first-order chi connectivity index (χ1) is 20.4. The molecule has 0 radical (unpaired) electrons. The molecule has 5 nitrogen and oxygen atoms in total. The maximum Gasteiger partial charge on any atom is 0.404 e. The Hall–Kier alpha value is -3.17. The second-order valence-electron chi connectivity index (χ2n) is 11.8. The summed E-state index contributed by atoms with van der Waals surface area (Å²) in [7, 11) is 0. The van der Waals surface area contributed by atoms with Gasteiger partial charge in [-0.2, -0.15) is 13.2 Å². The summed E-state index contributed by atoms with van der Waals surface area (Å²) < 4.78 is 55.5. The van der Waals surface area contributed by atoms with E-state index < -0.39 is 35.9 Å². The van der Waals surface area contributed by atoms with Crippen LogP contribution >= 0.6 is 11.6 Å². The number of benzene rings is 2. The summed E-state index contributed by atoms with van der Waals surface area (Å²) in [5.41, 5.74) is 2.69. The van der Waals surface area contributed by atoms with E-state index in [2.05, 4.69) is 5.32 Å². The Labute approximate surface area is 254 Å². The van der Waals surface area contributed by atoms with Gasteiger partial charge in [-0.25, -0.2) is 4.39 Å². The number of aryl methyl sites for hydroxylation is 2. The van der Waals surface area contributed by atoms with E-state index in [9.17, 15) is 27.2 Å². The quantitative estimate of drug-likeness (QED) is 0.342. The van der Waals surface area contributed by atoms with E-state index in [1.807, 2.05) is 31.2 Å². The summed E-state index contributed by atoms with van der Waals surface area (Å²) in [5.74, 6) is -2.22. The molecule has 1 N–H and O–H groups in total. The van der Waals surface area contributed by atoms with Crippen LogP contribution in [-0.4, -0.2) is 59.5 Å². The molecule has 0 saturated carbocycles. The third-order valence-electron chi connectivity index (χ3n) is 8.93. The van der Waals surface area contributed by atoms with Gasteiger partial charge in [0.05, 0.1) is 17.5 Å². The zero-order valence-corrected chi connectivity index (χ0v) is 25.0. The average Bonchev–Trinajstić information content (AvgIpc) is 3.44. The summed E-state index contributed by atoms with van der Waals surface area (Å²) in [6, 6.07) is 7.73. The fraction of sp³-hybridized carbons (Fsp3) is 0.455. The summed E-state index contributed by atoms with van der Waals surface area (Å²) >= 11 is 6.28. The molecular formula is C33H36ClF4N3O2. The maximum absolute atomic E-state index is 15.0. The topological polar surface area (TPSA) is 52.7 Å². The molecule has 0 bridgehead atoms. The molecule has 230 valence electrons. The van der Waals surface area contributed by atoms with Crippen molar-refractivity contribution in [2.24, 2.45) is 11.8 Å². The van der Waals surface area contributed by atoms with Gasteiger partial charge in [0.2, 0.25) is 5.91 Å². The molecule has 1 aliphatic carbocycles. The molecule has 2 aromatic rings. The first-order valence-electron chi connectivity index (χ1n) is 14.7. The van der Waals surface area contributed by atoms with E-state index in [1.54, 1.807) is 36.1 Å². The molecule has 2 heterocycles. The van der Waals surface area contributed by atoms with Gasteiger partial charge in [-0.1, -0.05) is 48.0 Å². The van der Waals surface area contributed by atoms with Crippen LogP contribution in [0.1, 0.15) is 53.6 Å². The highest BCUT2D eigenvalue weighted by Gasteiger charge is 2.46. The van der Waals surface area contributed by atoms with Crippen molar-refractivity contribution in [3.8, 4) is 0 Å². The van der Waals surface area contributed by atoms with Crippen molar-refractivity contribution >= 4 is 29.1 Å². The van der Waals surface area contributed by atoms with Crippen molar-refractivity contribution in [2.45, 2.75) is 64.2 Å². The largest absolute Gasteiger partial charge is 0.404 e. The Morgan fingerprint density at radius 1 is 1.05 bits per heavy atom. The maximum atomic E-state index is 15.0. The summed E-state index contributed by atoms with van der Waals surface area (Å²) in [4.78, 5) is 30.8. The molecular weight excluding hydrogens is 582 g/mol. The van der Waals surface area contributed by atoms with Crippen molar-refractivity contribution < 1.29 is 27.2 Å². The number of hydrogen-bond donors (Lipinski definition) is 1. The molecule has 0 spiro atoms. The van der Waals surface area contributed by atoms with Gasteiger partial charge in [-0.15, -0.1) is 0 Å². The number of carbonyl (C=O) groups excluding carboxylic acids is 2. The van der Waals surface area contributed by atoms with Crippen LogP contribution in [0.3, 0.4) is 0 Å². The zero-order chi connectivity index (χ0) is 30.9. The smallest absolute Gasteiger partial charge is 0.334 e. The molecule has 3 aliphatic rings. The number of allylic oxidation sites excluding steroid dienone is 1. The highest BCUT2D eigenvalue weighted by Crippen LogP contribution is 2.38. The van der Waals surface area contributed by atoms with Crippen LogP contribution in [0.15, 0.2) is 60.2 Å². The van der Waals surface area contributed by atoms with Gasteiger partial charge >= 0.3 is 6.18 Å². The van der Waals surface area contributed by atoms with Gasteiger partial charge in [-0.3, -0.25) is 14.5 Å². The lowest BCUT2D eigenvalue weighted by Gasteiger charge is -2.44. The minimum absolute atomic E-state index is 0.0119. The average molecular weight is 618 g/mol. The highest BCUT2D eigenvalue weighted by molar-refractivity contribution is 6.31. The Morgan fingerprint density at radius 3 is 2.49 bits per heavy atom. The molecule has 2 amide bonds. The fourth-order valence-corrected chi connectivity index (χ4v) is 6.88. The molecule has 43 heavy (non-hydrogen) atoms. The number of likely N-dealkylation sites (tertiary alicyclic amines) is 2. The Bertz CT molecular complexity index is 1420. The number of amides is 2. The van der Waals surface area contributed by atoms with Gasteiger partial charge in [0.1, 0.15) is 11.9 Å². The van der Waals surface area contributed by atoms with Crippen molar-refractivity contribution in [3.63, 3.8) is 0 Å². The lowest BCUT2D eigenvalue weighted by Crippen LogP contribution is -2.55. The van der Waals surface area contributed by atoms with Gasteiger partial charge < -0.3 is 10.2 Å². The second-order valence-corrected chi connectivity index (χ2v) is 12.2. The molecule has 4 atom stereocenters. The number of alkyl halides is 3. The van der Waals surface area contributed by atoms with Gasteiger partial charge in [0.15, 0.2) is 0 Å². The molecule has 5 rings (SSSR count). The number of anilines is 1. The lowest BCUT2D eigenvalue weighted by atomic mass is 9.77. The lowest BCUT2D eigenvalue weighted by molar-refractivity contribution is -0.174. The highest BCUT2D eigenvalue weighted by atomic mass is 35.5. The third kappa shape index (κ3) is 6.83. The Balaban J connectivity index is 1.41. The van der Waals surface area contributed by atoms with Crippen LogP contribution in [-0.2, 0) is 4.79 Å². The van der Waals surface area contributed by atoms with Crippen LogP contribution in [0, 0.1) is 31.5 Å². The minimum atomic E-state index is -4.27. The van der Waals surface area contributed by atoms with Crippen LogP contribution in [0.5, 0.6) is 0 Å². The third-order valence-corrected chi connectivity index (χ3v) is 9.34. The molecule has 2 fully saturated rings. The van der Waals surface area contributed by atoms with Crippen molar-refractivity contribution in [3.05, 3.63) is 87.7 Å². The fourth-order valence-electron chi connectivity index (χ4n) is 6.70. The number of nitrogens with one attached hydrogen (secondary N) is 1. The number of halogens is 5. The zero-order valence-electron chi connectivity index (χ0n) is 24.3. The Kier molecular flexibility index (Phi) is 9.32. The van der Waals surface area contributed by atoms with Crippen molar-refractivity contribution in [1.82, 2.24) is 9.80 Å². The second kappa shape index (κ2) is 12.8. The predicted octanol–water partition coefficient (Wildman–Crippen LogP) is 7.48. The molecule has 10 heteroatoms. The summed E-state index contributed by atoms with van der Waals surface area (Å²) in [5, 5.41) is 3.48. The number of nitrogens with zero attached hydrogens (tertiary/aromatic N) is 2. The normalized spacial score (nSPS) is 24.6. The molecule has 2 aromatic carbocycles.